The molecule has 2 heterocycles. The van der Waals surface area contributed by atoms with Crippen LogP contribution in [0.25, 0.3) is 0 Å². The molecule has 2 aliphatic heterocycles. The minimum Gasteiger partial charge on any atom is -0.341 e. The van der Waals surface area contributed by atoms with Crippen molar-refractivity contribution in [3.63, 3.8) is 0 Å². The highest BCUT2D eigenvalue weighted by atomic mass is 19.1. The molecule has 2 fully saturated rings. The number of halogens is 1. The van der Waals surface area contributed by atoms with Gasteiger partial charge in [-0.15, -0.1) is 0 Å². The first-order valence-corrected chi connectivity index (χ1v) is 7.95. The molecule has 0 bridgehead atoms. The summed E-state index contributed by atoms with van der Waals surface area (Å²) in [6.45, 7) is 1.46. The van der Waals surface area contributed by atoms with Crippen LogP contribution < -0.4 is 0 Å². The fraction of sp³-hybridized carbons (Fsp3) is 0.529. The number of likely N-dealkylation sites (tertiary alicyclic amines) is 2. The quantitative estimate of drug-likeness (QED) is 0.841. The molecule has 4 nitrogen and oxygen atoms in total. The summed E-state index contributed by atoms with van der Waals surface area (Å²) < 4.78 is 13.9. The van der Waals surface area contributed by atoms with Crippen LogP contribution in [0.3, 0.4) is 0 Å². The summed E-state index contributed by atoms with van der Waals surface area (Å²) in [7, 11) is 0. The highest BCUT2D eigenvalue weighted by molar-refractivity contribution is 5.98. The second-order valence-corrected chi connectivity index (χ2v) is 6.06. The molecule has 22 heavy (non-hydrogen) atoms. The van der Waals surface area contributed by atoms with Gasteiger partial charge >= 0.3 is 0 Å². The molecule has 2 saturated heterocycles. The summed E-state index contributed by atoms with van der Waals surface area (Å²) in [5.41, 5.74) is 0.507. The van der Waals surface area contributed by atoms with Gasteiger partial charge in [0.2, 0.25) is 5.91 Å². The van der Waals surface area contributed by atoms with Gasteiger partial charge in [-0.2, -0.15) is 0 Å². The summed E-state index contributed by atoms with van der Waals surface area (Å²) in [6, 6.07) is 8.14. The summed E-state index contributed by atoms with van der Waals surface area (Å²) in [5.74, 6) is -0.347. The van der Waals surface area contributed by atoms with E-state index in [1.165, 1.54) is 4.90 Å². The third-order valence-electron chi connectivity index (χ3n) is 4.48. The van der Waals surface area contributed by atoms with Gasteiger partial charge in [-0.3, -0.25) is 9.59 Å². The number of rotatable bonds is 2. The van der Waals surface area contributed by atoms with Crippen LogP contribution in [0.5, 0.6) is 0 Å². The number of benzene rings is 1. The minimum atomic E-state index is -1.12. The normalized spacial score (nSPS) is 25.3. The van der Waals surface area contributed by atoms with Crippen LogP contribution in [0.1, 0.15) is 36.0 Å². The number of hydrogen-bond donors (Lipinski definition) is 0. The Hall–Kier alpha value is -1.91. The van der Waals surface area contributed by atoms with E-state index >= 15 is 0 Å². The number of carbonyl (C=O) groups excluding carboxylic acids is 2. The van der Waals surface area contributed by atoms with E-state index in [1.807, 2.05) is 6.07 Å². The van der Waals surface area contributed by atoms with Crippen molar-refractivity contribution in [1.29, 1.82) is 0 Å². The molecule has 2 amide bonds. The lowest BCUT2D eigenvalue weighted by Crippen LogP contribution is -2.49. The van der Waals surface area contributed by atoms with Crippen molar-refractivity contribution in [2.75, 3.05) is 19.6 Å². The van der Waals surface area contributed by atoms with E-state index in [0.717, 1.165) is 32.4 Å². The summed E-state index contributed by atoms with van der Waals surface area (Å²) in [6.07, 6.45) is 2.11. The first kappa shape index (κ1) is 15.0. The average molecular weight is 304 g/mol. The number of amides is 2. The number of nitrogens with zero attached hydrogens (tertiary/aromatic N) is 2. The maximum Gasteiger partial charge on any atom is 0.254 e. The molecule has 0 aromatic heterocycles. The Morgan fingerprint density at radius 1 is 1.05 bits per heavy atom. The second kappa shape index (κ2) is 6.46. The van der Waals surface area contributed by atoms with Crippen molar-refractivity contribution >= 4 is 11.8 Å². The van der Waals surface area contributed by atoms with Crippen LogP contribution in [-0.2, 0) is 4.79 Å². The highest BCUT2D eigenvalue weighted by Gasteiger charge is 2.41. The highest BCUT2D eigenvalue weighted by Crippen LogP contribution is 2.25. The predicted octanol–water partition coefficient (Wildman–Crippen LogP) is 2.25. The Bertz CT molecular complexity index is 543. The van der Waals surface area contributed by atoms with Crippen molar-refractivity contribution in [1.82, 2.24) is 9.80 Å². The molecular formula is C17H21FN2O2. The van der Waals surface area contributed by atoms with Crippen LogP contribution in [0.4, 0.5) is 4.39 Å². The van der Waals surface area contributed by atoms with Gasteiger partial charge in [0.25, 0.3) is 5.91 Å². The largest absolute Gasteiger partial charge is 0.341 e. The molecule has 2 aliphatic rings. The Kier molecular flexibility index (Phi) is 4.41. The lowest BCUT2D eigenvalue weighted by molar-refractivity contribution is -0.136. The van der Waals surface area contributed by atoms with E-state index in [4.69, 9.17) is 0 Å². The SMILES string of the molecule is O=C([C@@H]1C[C@H](F)CN1C(=O)c1ccccc1)N1CCCCC1. The standard InChI is InChI=1S/C17H21FN2O2/c18-14-11-15(17(22)19-9-5-2-6-10-19)20(12-14)16(21)13-7-3-1-4-8-13/h1,3-4,7-8,14-15H,2,5-6,9-12H2/t14-,15-/m0/s1. The van der Waals surface area contributed by atoms with Crippen molar-refractivity contribution in [2.45, 2.75) is 37.9 Å². The summed E-state index contributed by atoms with van der Waals surface area (Å²) in [5, 5.41) is 0. The predicted molar refractivity (Wildman–Crippen MR) is 81.2 cm³/mol. The Balaban J connectivity index is 1.77. The van der Waals surface area contributed by atoms with Crippen molar-refractivity contribution in [3.05, 3.63) is 35.9 Å². The van der Waals surface area contributed by atoms with Gasteiger partial charge < -0.3 is 9.80 Å². The van der Waals surface area contributed by atoms with Crippen molar-refractivity contribution in [3.8, 4) is 0 Å². The van der Waals surface area contributed by atoms with Crippen LogP contribution in [-0.4, -0.2) is 53.5 Å². The van der Waals surface area contributed by atoms with Crippen LogP contribution in [0.2, 0.25) is 0 Å². The molecule has 118 valence electrons. The fourth-order valence-electron chi connectivity index (χ4n) is 3.31. The smallest absolute Gasteiger partial charge is 0.254 e. The van der Waals surface area contributed by atoms with E-state index in [1.54, 1.807) is 29.2 Å². The van der Waals surface area contributed by atoms with Gasteiger partial charge in [0.05, 0.1) is 6.54 Å². The zero-order valence-corrected chi connectivity index (χ0v) is 12.6. The van der Waals surface area contributed by atoms with Crippen LogP contribution >= 0.6 is 0 Å². The zero-order valence-electron chi connectivity index (χ0n) is 12.6. The van der Waals surface area contributed by atoms with Gasteiger partial charge in [0, 0.05) is 25.1 Å². The molecule has 0 aliphatic carbocycles. The average Bonchev–Trinajstić information content (AvgIpc) is 2.97. The molecule has 1 aromatic carbocycles. The lowest BCUT2D eigenvalue weighted by atomic mass is 10.1. The Labute approximate surface area is 129 Å². The molecule has 5 heteroatoms. The van der Waals surface area contributed by atoms with E-state index in [0.29, 0.717) is 5.56 Å². The third kappa shape index (κ3) is 2.98. The van der Waals surface area contributed by atoms with Gasteiger partial charge in [0.1, 0.15) is 12.2 Å². The van der Waals surface area contributed by atoms with Crippen LogP contribution in [0.15, 0.2) is 30.3 Å². The Morgan fingerprint density at radius 2 is 1.73 bits per heavy atom. The van der Waals surface area contributed by atoms with Gasteiger partial charge in [-0.1, -0.05) is 18.2 Å². The molecule has 0 unspecified atom stereocenters. The van der Waals surface area contributed by atoms with E-state index < -0.39 is 12.2 Å². The third-order valence-corrected chi connectivity index (χ3v) is 4.48. The van der Waals surface area contributed by atoms with Crippen molar-refractivity contribution < 1.29 is 14.0 Å². The topological polar surface area (TPSA) is 40.6 Å². The number of hydrogen-bond acceptors (Lipinski definition) is 2. The number of carbonyl (C=O) groups is 2. The number of piperidine rings is 1. The van der Waals surface area contributed by atoms with Crippen molar-refractivity contribution in [2.24, 2.45) is 0 Å². The lowest BCUT2D eigenvalue weighted by Gasteiger charge is -2.32. The fourth-order valence-corrected chi connectivity index (χ4v) is 3.31. The zero-order chi connectivity index (χ0) is 15.5. The Morgan fingerprint density at radius 3 is 2.41 bits per heavy atom. The first-order chi connectivity index (χ1) is 10.7. The molecular weight excluding hydrogens is 283 g/mol. The first-order valence-electron chi connectivity index (χ1n) is 7.95. The second-order valence-electron chi connectivity index (χ2n) is 6.06. The monoisotopic (exact) mass is 304 g/mol. The molecule has 3 rings (SSSR count). The minimum absolute atomic E-state index is 0.0119. The molecule has 1 aromatic rings. The summed E-state index contributed by atoms with van der Waals surface area (Å²) >= 11 is 0. The van der Waals surface area contributed by atoms with E-state index in [2.05, 4.69) is 0 Å². The molecule has 0 radical (unpaired) electrons. The van der Waals surface area contributed by atoms with Gasteiger partial charge in [-0.05, 0) is 31.4 Å². The molecule has 0 saturated carbocycles. The molecule has 0 spiro atoms. The number of alkyl halides is 1. The van der Waals surface area contributed by atoms with E-state index in [-0.39, 0.29) is 24.8 Å². The molecule has 2 atom stereocenters. The van der Waals surface area contributed by atoms with E-state index in [9.17, 15) is 14.0 Å². The van der Waals surface area contributed by atoms with Gasteiger partial charge in [-0.25, -0.2) is 4.39 Å². The maximum atomic E-state index is 13.9. The summed E-state index contributed by atoms with van der Waals surface area (Å²) in [4.78, 5) is 28.4. The maximum absolute atomic E-state index is 13.9. The van der Waals surface area contributed by atoms with Gasteiger partial charge in [0.15, 0.2) is 0 Å². The van der Waals surface area contributed by atoms with Crippen LogP contribution in [0, 0.1) is 0 Å². The molecule has 0 N–H and O–H groups in total.